The van der Waals surface area contributed by atoms with Crippen LogP contribution in [0, 0.1) is 20.8 Å². The molecular weight excluding hydrogens is 210 g/mol. The van der Waals surface area contributed by atoms with E-state index in [9.17, 15) is 0 Å². The molecule has 1 aromatic carbocycles. The predicted molar refractivity (Wildman–Crippen MR) is 70.9 cm³/mol. The fraction of sp³-hybridized carbons (Fsp3) is 0.267. The average Bonchev–Trinajstić information content (AvgIpc) is 2.60. The van der Waals surface area contributed by atoms with Crippen LogP contribution in [-0.2, 0) is 0 Å². The Labute approximate surface area is 102 Å². The Morgan fingerprint density at radius 3 is 2.29 bits per heavy atom. The van der Waals surface area contributed by atoms with Crippen LogP contribution in [-0.4, -0.2) is 4.98 Å². The maximum atomic E-state index is 5.70. The van der Waals surface area contributed by atoms with E-state index in [1.165, 1.54) is 11.1 Å². The van der Waals surface area contributed by atoms with Gasteiger partial charge in [-0.25, -0.2) is 4.98 Å². The van der Waals surface area contributed by atoms with Crippen LogP contribution >= 0.6 is 0 Å². The van der Waals surface area contributed by atoms with Gasteiger partial charge >= 0.3 is 0 Å². The third-order valence-corrected chi connectivity index (χ3v) is 2.63. The van der Waals surface area contributed by atoms with E-state index in [0.717, 1.165) is 17.0 Å². The molecule has 2 heteroatoms. The number of hydrogen-bond donors (Lipinski definition) is 0. The summed E-state index contributed by atoms with van der Waals surface area (Å²) in [6.45, 7) is 8.08. The molecule has 2 rings (SSSR count). The molecule has 0 aliphatic rings. The van der Waals surface area contributed by atoms with E-state index in [0.29, 0.717) is 5.89 Å². The summed E-state index contributed by atoms with van der Waals surface area (Å²) < 4.78 is 5.70. The Morgan fingerprint density at radius 1 is 1.06 bits per heavy atom. The summed E-state index contributed by atoms with van der Waals surface area (Å²) in [6, 6.07) is 6.33. The van der Waals surface area contributed by atoms with Crippen molar-refractivity contribution in [2.45, 2.75) is 27.7 Å². The zero-order valence-electron chi connectivity index (χ0n) is 10.7. The summed E-state index contributed by atoms with van der Waals surface area (Å²) >= 11 is 0. The van der Waals surface area contributed by atoms with Gasteiger partial charge in [-0.05, 0) is 45.9 Å². The molecule has 1 heterocycles. The van der Waals surface area contributed by atoms with Crippen molar-refractivity contribution < 1.29 is 4.42 Å². The fourth-order valence-electron chi connectivity index (χ4n) is 1.94. The van der Waals surface area contributed by atoms with Crippen molar-refractivity contribution in [3.05, 3.63) is 46.9 Å². The van der Waals surface area contributed by atoms with Crippen LogP contribution in [0.25, 0.3) is 17.5 Å². The SMILES string of the molecule is C/C=C\c1nc(-c2cc(C)cc(C)c2)oc1C. The zero-order chi connectivity index (χ0) is 12.4. The van der Waals surface area contributed by atoms with Crippen LogP contribution in [0.2, 0.25) is 0 Å². The normalized spacial score (nSPS) is 11.3. The van der Waals surface area contributed by atoms with Gasteiger partial charge in [-0.3, -0.25) is 0 Å². The van der Waals surface area contributed by atoms with Gasteiger partial charge in [-0.1, -0.05) is 23.3 Å². The first-order chi connectivity index (χ1) is 8.10. The highest BCUT2D eigenvalue weighted by molar-refractivity contribution is 5.59. The topological polar surface area (TPSA) is 26.0 Å². The number of aromatic nitrogens is 1. The van der Waals surface area contributed by atoms with Gasteiger partial charge in [0.1, 0.15) is 11.5 Å². The smallest absolute Gasteiger partial charge is 0.226 e. The maximum absolute atomic E-state index is 5.70. The van der Waals surface area contributed by atoms with E-state index < -0.39 is 0 Å². The molecule has 0 N–H and O–H groups in total. The van der Waals surface area contributed by atoms with Crippen molar-refractivity contribution >= 4 is 6.08 Å². The Balaban J connectivity index is 2.49. The van der Waals surface area contributed by atoms with Crippen LogP contribution in [0.15, 0.2) is 28.7 Å². The molecule has 0 saturated heterocycles. The molecule has 0 aliphatic heterocycles. The van der Waals surface area contributed by atoms with Crippen molar-refractivity contribution in [3.8, 4) is 11.5 Å². The molecular formula is C15H17NO. The van der Waals surface area contributed by atoms with Crippen molar-refractivity contribution in [2.24, 2.45) is 0 Å². The summed E-state index contributed by atoms with van der Waals surface area (Å²) in [4.78, 5) is 4.50. The minimum absolute atomic E-state index is 0.697. The molecule has 0 atom stereocenters. The molecule has 0 radical (unpaired) electrons. The Morgan fingerprint density at radius 2 is 1.71 bits per heavy atom. The molecule has 0 fully saturated rings. The van der Waals surface area contributed by atoms with Gasteiger partial charge in [-0.15, -0.1) is 0 Å². The first kappa shape index (κ1) is 11.6. The molecule has 88 valence electrons. The van der Waals surface area contributed by atoms with Gasteiger partial charge in [0.15, 0.2) is 0 Å². The molecule has 0 spiro atoms. The second kappa shape index (κ2) is 4.58. The average molecular weight is 227 g/mol. The van der Waals surface area contributed by atoms with Gasteiger partial charge in [-0.2, -0.15) is 0 Å². The minimum atomic E-state index is 0.697. The summed E-state index contributed by atoms with van der Waals surface area (Å²) in [6.07, 6.45) is 3.93. The Bertz CT molecular complexity index is 544. The second-order valence-corrected chi connectivity index (χ2v) is 4.34. The second-order valence-electron chi connectivity index (χ2n) is 4.34. The lowest BCUT2D eigenvalue weighted by atomic mass is 10.1. The van der Waals surface area contributed by atoms with E-state index in [1.54, 1.807) is 0 Å². The van der Waals surface area contributed by atoms with Gasteiger partial charge in [0.05, 0.1) is 0 Å². The van der Waals surface area contributed by atoms with Crippen LogP contribution in [0.4, 0.5) is 0 Å². The van der Waals surface area contributed by atoms with Crippen molar-refractivity contribution in [1.82, 2.24) is 4.98 Å². The molecule has 17 heavy (non-hydrogen) atoms. The molecule has 0 unspecified atom stereocenters. The summed E-state index contributed by atoms with van der Waals surface area (Å²) in [5.41, 5.74) is 4.40. The van der Waals surface area contributed by atoms with E-state index in [4.69, 9.17) is 4.42 Å². The monoisotopic (exact) mass is 227 g/mol. The lowest BCUT2D eigenvalue weighted by Crippen LogP contribution is -1.83. The van der Waals surface area contributed by atoms with Gasteiger partial charge in [0.25, 0.3) is 0 Å². The fourth-order valence-corrected chi connectivity index (χ4v) is 1.94. The molecule has 0 bridgehead atoms. The highest BCUT2D eigenvalue weighted by Crippen LogP contribution is 2.24. The molecule has 1 aromatic heterocycles. The predicted octanol–water partition coefficient (Wildman–Crippen LogP) is 4.30. The molecule has 2 aromatic rings. The quantitative estimate of drug-likeness (QED) is 0.764. The van der Waals surface area contributed by atoms with E-state index in [2.05, 4.69) is 37.0 Å². The van der Waals surface area contributed by atoms with Crippen LogP contribution in [0.3, 0.4) is 0 Å². The van der Waals surface area contributed by atoms with E-state index in [1.807, 2.05) is 26.0 Å². The number of hydrogen-bond acceptors (Lipinski definition) is 2. The van der Waals surface area contributed by atoms with Gasteiger partial charge in [0, 0.05) is 5.56 Å². The van der Waals surface area contributed by atoms with Crippen LogP contribution in [0.5, 0.6) is 0 Å². The highest BCUT2D eigenvalue weighted by atomic mass is 16.4. The first-order valence-corrected chi connectivity index (χ1v) is 5.79. The summed E-state index contributed by atoms with van der Waals surface area (Å²) in [5, 5.41) is 0. The number of rotatable bonds is 2. The Hall–Kier alpha value is -1.83. The maximum Gasteiger partial charge on any atom is 0.226 e. The van der Waals surface area contributed by atoms with Crippen LogP contribution in [0.1, 0.15) is 29.5 Å². The molecule has 0 amide bonds. The first-order valence-electron chi connectivity index (χ1n) is 5.79. The number of allylic oxidation sites excluding steroid dienone is 1. The number of oxazole rings is 1. The number of benzene rings is 1. The third-order valence-electron chi connectivity index (χ3n) is 2.63. The van der Waals surface area contributed by atoms with E-state index in [-0.39, 0.29) is 0 Å². The molecule has 0 aliphatic carbocycles. The highest BCUT2D eigenvalue weighted by Gasteiger charge is 2.09. The van der Waals surface area contributed by atoms with Crippen LogP contribution < -0.4 is 0 Å². The van der Waals surface area contributed by atoms with Gasteiger partial charge in [0.2, 0.25) is 5.89 Å². The number of nitrogens with zero attached hydrogens (tertiary/aromatic N) is 1. The number of aryl methyl sites for hydroxylation is 3. The standard InChI is InChI=1S/C15H17NO/c1-5-6-14-12(4)17-15(16-14)13-8-10(2)7-11(3)9-13/h5-9H,1-4H3/b6-5-. The minimum Gasteiger partial charge on any atom is -0.441 e. The van der Waals surface area contributed by atoms with Gasteiger partial charge < -0.3 is 4.42 Å². The molecule has 0 saturated carbocycles. The summed E-state index contributed by atoms with van der Waals surface area (Å²) in [7, 11) is 0. The van der Waals surface area contributed by atoms with E-state index >= 15 is 0 Å². The Kier molecular flexibility index (Phi) is 3.14. The molecule has 2 nitrogen and oxygen atoms in total. The third kappa shape index (κ3) is 2.47. The lowest BCUT2D eigenvalue weighted by Gasteiger charge is -2.00. The largest absolute Gasteiger partial charge is 0.441 e. The lowest BCUT2D eigenvalue weighted by molar-refractivity contribution is 0.542. The van der Waals surface area contributed by atoms with Crippen molar-refractivity contribution in [2.75, 3.05) is 0 Å². The zero-order valence-corrected chi connectivity index (χ0v) is 10.7. The van der Waals surface area contributed by atoms with Crippen molar-refractivity contribution in [3.63, 3.8) is 0 Å². The van der Waals surface area contributed by atoms with Crippen molar-refractivity contribution in [1.29, 1.82) is 0 Å². The summed E-state index contributed by atoms with van der Waals surface area (Å²) in [5.74, 6) is 1.56.